The lowest BCUT2D eigenvalue weighted by atomic mass is 10.1. The molecule has 1 amide bonds. The van der Waals surface area contributed by atoms with Crippen molar-refractivity contribution < 1.29 is 14.3 Å². The number of hydrogen-bond donors (Lipinski definition) is 2. The molecule has 1 aromatic rings. The number of carbonyl (C=O) groups is 1. The molecule has 1 saturated heterocycles. The molecule has 1 heterocycles. The Labute approximate surface area is 113 Å². The molecule has 1 fully saturated rings. The highest BCUT2D eigenvalue weighted by Gasteiger charge is 2.16. The molecule has 1 aromatic carbocycles. The first-order valence-corrected chi connectivity index (χ1v) is 6.49. The lowest BCUT2D eigenvalue weighted by Crippen LogP contribution is -2.44. The summed E-state index contributed by atoms with van der Waals surface area (Å²) in [6, 6.07) is 7.79. The molecule has 2 N–H and O–H groups in total. The van der Waals surface area contributed by atoms with Crippen molar-refractivity contribution in [1.29, 1.82) is 0 Å². The van der Waals surface area contributed by atoms with E-state index in [1.807, 2.05) is 24.3 Å². The largest absolute Gasteiger partial charge is 0.496 e. The molecule has 104 valence electrons. The molecular weight excluding hydrogens is 244 g/mol. The van der Waals surface area contributed by atoms with Crippen LogP contribution in [0.1, 0.15) is 12.0 Å². The van der Waals surface area contributed by atoms with Crippen LogP contribution in [0.2, 0.25) is 0 Å². The number of para-hydroxylation sites is 1. The van der Waals surface area contributed by atoms with E-state index < -0.39 is 0 Å². The summed E-state index contributed by atoms with van der Waals surface area (Å²) in [5, 5.41) is 6.17. The molecule has 0 aliphatic carbocycles. The van der Waals surface area contributed by atoms with Gasteiger partial charge >= 0.3 is 0 Å². The number of rotatable bonds is 5. The quantitative estimate of drug-likeness (QED) is 0.821. The number of benzene rings is 1. The van der Waals surface area contributed by atoms with Crippen LogP contribution in [0.25, 0.3) is 0 Å². The van der Waals surface area contributed by atoms with Gasteiger partial charge in [-0.15, -0.1) is 0 Å². The molecule has 5 nitrogen and oxygen atoms in total. The molecule has 2 rings (SSSR count). The molecule has 0 radical (unpaired) electrons. The standard InChI is InChI=1S/C14H20N2O3/c1-18-13-5-3-2-4-11(13)9-16-14(17)8-12-10-19-7-6-15-12/h2-5,12,15H,6-10H2,1H3,(H,16,17). The molecule has 5 heteroatoms. The zero-order valence-electron chi connectivity index (χ0n) is 11.1. The van der Waals surface area contributed by atoms with Gasteiger partial charge in [-0.05, 0) is 6.07 Å². The average Bonchev–Trinajstić information content (AvgIpc) is 2.46. The summed E-state index contributed by atoms with van der Waals surface area (Å²) in [6.45, 7) is 2.61. The van der Waals surface area contributed by atoms with Gasteiger partial charge in [-0.2, -0.15) is 0 Å². The molecule has 1 atom stereocenters. The van der Waals surface area contributed by atoms with Crippen molar-refractivity contribution in [1.82, 2.24) is 10.6 Å². The Bertz CT molecular complexity index is 417. The van der Waals surface area contributed by atoms with Crippen molar-refractivity contribution in [2.75, 3.05) is 26.9 Å². The van der Waals surface area contributed by atoms with Crippen molar-refractivity contribution in [3.63, 3.8) is 0 Å². The SMILES string of the molecule is COc1ccccc1CNC(=O)CC1COCCN1. The zero-order valence-corrected chi connectivity index (χ0v) is 11.1. The fourth-order valence-electron chi connectivity index (χ4n) is 2.09. The molecule has 19 heavy (non-hydrogen) atoms. The van der Waals surface area contributed by atoms with Crippen molar-refractivity contribution in [2.45, 2.75) is 19.0 Å². The third-order valence-corrected chi connectivity index (χ3v) is 3.10. The Kier molecular flexibility index (Phi) is 5.18. The normalized spacial score (nSPS) is 18.9. The highest BCUT2D eigenvalue weighted by molar-refractivity contribution is 5.76. The van der Waals surface area contributed by atoms with E-state index in [1.54, 1.807) is 7.11 Å². The van der Waals surface area contributed by atoms with Gasteiger partial charge in [0.15, 0.2) is 0 Å². The van der Waals surface area contributed by atoms with Crippen LogP contribution < -0.4 is 15.4 Å². The Hall–Kier alpha value is -1.59. The van der Waals surface area contributed by atoms with Gasteiger partial charge in [0.05, 0.1) is 20.3 Å². The van der Waals surface area contributed by atoms with Gasteiger partial charge in [0.2, 0.25) is 5.91 Å². The minimum atomic E-state index is 0.0221. The lowest BCUT2D eigenvalue weighted by Gasteiger charge is -2.23. The second-order valence-corrected chi connectivity index (χ2v) is 4.52. The predicted molar refractivity (Wildman–Crippen MR) is 72.1 cm³/mol. The fourth-order valence-corrected chi connectivity index (χ4v) is 2.09. The first-order chi connectivity index (χ1) is 9.29. The first kappa shape index (κ1) is 13.8. The van der Waals surface area contributed by atoms with E-state index >= 15 is 0 Å². The van der Waals surface area contributed by atoms with Gasteiger partial charge < -0.3 is 20.1 Å². The van der Waals surface area contributed by atoms with Gasteiger partial charge in [0, 0.05) is 31.1 Å². The van der Waals surface area contributed by atoms with E-state index in [4.69, 9.17) is 9.47 Å². The monoisotopic (exact) mass is 264 g/mol. The van der Waals surface area contributed by atoms with E-state index in [2.05, 4.69) is 10.6 Å². The molecule has 0 saturated carbocycles. The van der Waals surface area contributed by atoms with E-state index in [9.17, 15) is 4.79 Å². The molecule has 1 aliphatic heterocycles. The summed E-state index contributed by atoms with van der Waals surface area (Å²) < 4.78 is 10.6. The van der Waals surface area contributed by atoms with Crippen molar-refractivity contribution in [3.8, 4) is 5.75 Å². The number of carbonyl (C=O) groups excluding carboxylic acids is 1. The maximum atomic E-state index is 11.8. The van der Waals surface area contributed by atoms with E-state index in [-0.39, 0.29) is 11.9 Å². The molecule has 1 aliphatic rings. The second kappa shape index (κ2) is 7.11. The summed E-state index contributed by atoms with van der Waals surface area (Å²) in [4.78, 5) is 11.8. The highest BCUT2D eigenvalue weighted by atomic mass is 16.5. The number of morpholine rings is 1. The predicted octanol–water partition coefficient (Wildman–Crippen LogP) is 0.690. The summed E-state index contributed by atoms with van der Waals surface area (Å²) >= 11 is 0. The van der Waals surface area contributed by atoms with E-state index in [0.717, 1.165) is 24.5 Å². The van der Waals surface area contributed by atoms with Crippen molar-refractivity contribution in [2.24, 2.45) is 0 Å². The summed E-state index contributed by atoms with van der Waals surface area (Å²) in [5.41, 5.74) is 0.978. The van der Waals surface area contributed by atoms with Crippen LogP contribution in [0, 0.1) is 0 Å². The maximum Gasteiger partial charge on any atom is 0.221 e. The van der Waals surface area contributed by atoms with Crippen LogP contribution in [-0.2, 0) is 16.1 Å². The van der Waals surface area contributed by atoms with Crippen molar-refractivity contribution >= 4 is 5.91 Å². The van der Waals surface area contributed by atoms with Crippen LogP contribution in [0.15, 0.2) is 24.3 Å². The molecule has 0 spiro atoms. The Morgan fingerprint density at radius 2 is 2.37 bits per heavy atom. The van der Waals surface area contributed by atoms with Gasteiger partial charge in [0.1, 0.15) is 5.75 Å². The molecular formula is C14H20N2O3. The first-order valence-electron chi connectivity index (χ1n) is 6.49. The van der Waals surface area contributed by atoms with Gasteiger partial charge in [-0.25, -0.2) is 0 Å². The van der Waals surface area contributed by atoms with Crippen LogP contribution in [0.5, 0.6) is 5.75 Å². The molecule has 0 bridgehead atoms. The maximum absolute atomic E-state index is 11.8. The number of hydrogen-bond acceptors (Lipinski definition) is 4. The van der Waals surface area contributed by atoms with E-state index in [0.29, 0.717) is 19.6 Å². The smallest absolute Gasteiger partial charge is 0.221 e. The molecule has 1 unspecified atom stereocenters. The number of amides is 1. The molecule has 0 aromatic heterocycles. The van der Waals surface area contributed by atoms with Crippen LogP contribution in [0.4, 0.5) is 0 Å². The Morgan fingerprint density at radius 1 is 1.53 bits per heavy atom. The average molecular weight is 264 g/mol. The Balaban J connectivity index is 1.79. The topological polar surface area (TPSA) is 59.6 Å². The number of ether oxygens (including phenoxy) is 2. The highest BCUT2D eigenvalue weighted by Crippen LogP contribution is 2.16. The third kappa shape index (κ3) is 4.22. The van der Waals surface area contributed by atoms with E-state index in [1.165, 1.54) is 0 Å². The number of nitrogens with one attached hydrogen (secondary N) is 2. The van der Waals surface area contributed by atoms with Gasteiger partial charge in [-0.1, -0.05) is 18.2 Å². The van der Waals surface area contributed by atoms with Crippen LogP contribution in [0.3, 0.4) is 0 Å². The minimum Gasteiger partial charge on any atom is -0.496 e. The van der Waals surface area contributed by atoms with Crippen molar-refractivity contribution in [3.05, 3.63) is 29.8 Å². The third-order valence-electron chi connectivity index (χ3n) is 3.10. The Morgan fingerprint density at radius 3 is 3.11 bits per heavy atom. The van der Waals surface area contributed by atoms with Crippen LogP contribution >= 0.6 is 0 Å². The summed E-state index contributed by atoms with van der Waals surface area (Å²) in [7, 11) is 1.63. The second-order valence-electron chi connectivity index (χ2n) is 4.52. The lowest BCUT2D eigenvalue weighted by molar-refractivity contribution is -0.122. The zero-order chi connectivity index (χ0) is 13.5. The van der Waals surface area contributed by atoms with Gasteiger partial charge in [-0.3, -0.25) is 4.79 Å². The van der Waals surface area contributed by atoms with Gasteiger partial charge in [0.25, 0.3) is 0 Å². The summed E-state index contributed by atoms with van der Waals surface area (Å²) in [5.74, 6) is 0.816. The summed E-state index contributed by atoms with van der Waals surface area (Å²) in [6.07, 6.45) is 0.440. The minimum absolute atomic E-state index is 0.0221. The fraction of sp³-hybridized carbons (Fsp3) is 0.500. The number of methoxy groups -OCH3 is 1. The van der Waals surface area contributed by atoms with Crippen LogP contribution in [-0.4, -0.2) is 38.8 Å².